The Labute approximate surface area is 141 Å². The van der Waals surface area contributed by atoms with Crippen LogP contribution in [0.15, 0.2) is 54.6 Å². The van der Waals surface area contributed by atoms with Gasteiger partial charge in [0.2, 0.25) is 0 Å². The standard InChI is InChI=1S/C20H19NO3/c22-18-16-11-5-6-12-17(16)19(23)21(18)24-20(13-7-2-8-14-20)15-9-3-1-4-10-15/h1,3-6,9-12H,2,7-8,13-14H2. The van der Waals surface area contributed by atoms with E-state index in [0.717, 1.165) is 42.7 Å². The van der Waals surface area contributed by atoms with E-state index in [0.29, 0.717) is 11.1 Å². The molecule has 1 heterocycles. The Morgan fingerprint density at radius 3 is 1.88 bits per heavy atom. The molecular weight excluding hydrogens is 302 g/mol. The predicted molar refractivity (Wildman–Crippen MR) is 89.2 cm³/mol. The summed E-state index contributed by atoms with van der Waals surface area (Å²) in [6.45, 7) is 0. The highest BCUT2D eigenvalue weighted by Crippen LogP contribution is 2.42. The van der Waals surface area contributed by atoms with E-state index in [9.17, 15) is 9.59 Å². The summed E-state index contributed by atoms with van der Waals surface area (Å²) in [6.07, 6.45) is 4.82. The van der Waals surface area contributed by atoms with Crippen molar-refractivity contribution in [2.24, 2.45) is 0 Å². The number of hydrogen-bond acceptors (Lipinski definition) is 3. The zero-order valence-corrected chi connectivity index (χ0v) is 13.4. The number of amides is 2. The number of hydroxylamine groups is 2. The molecule has 0 unspecified atom stereocenters. The highest BCUT2D eigenvalue weighted by Gasteiger charge is 2.44. The molecule has 1 saturated carbocycles. The molecule has 0 spiro atoms. The fourth-order valence-corrected chi connectivity index (χ4v) is 3.72. The van der Waals surface area contributed by atoms with Gasteiger partial charge in [-0.05, 0) is 30.5 Å². The van der Waals surface area contributed by atoms with Crippen LogP contribution in [0, 0.1) is 0 Å². The van der Waals surface area contributed by atoms with Gasteiger partial charge in [-0.1, -0.05) is 61.7 Å². The third kappa shape index (κ3) is 2.34. The maximum Gasteiger partial charge on any atom is 0.285 e. The van der Waals surface area contributed by atoms with Crippen LogP contribution in [-0.2, 0) is 10.4 Å². The van der Waals surface area contributed by atoms with Gasteiger partial charge in [0, 0.05) is 0 Å². The molecule has 24 heavy (non-hydrogen) atoms. The largest absolute Gasteiger partial charge is 0.285 e. The fraction of sp³-hybridized carbons (Fsp3) is 0.300. The average Bonchev–Trinajstić information content (AvgIpc) is 2.89. The van der Waals surface area contributed by atoms with Crippen LogP contribution in [0.1, 0.15) is 58.4 Å². The fourth-order valence-electron chi connectivity index (χ4n) is 3.72. The van der Waals surface area contributed by atoms with Crippen LogP contribution in [0.5, 0.6) is 0 Å². The lowest BCUT2D eigenvalue weighted by Gasteiger charge is -2.39. The van der Waals surface area contributed by atoms with E-state index in [4.69, 9.17) is 4.84 Å². The highest BCUT2D eigenvalue weighted by molar-refractivity contribution is 6.20. The minimum Gasteiger partial charge on any atom is -0.266 e. The number of carbonyl (C=O) groups excluding carboxylic acids is 2. The normalized spacial score (nSPS) is 19.4. The quantitative estimate of drug-likeness (QED) is 0.801. The first-order chi connectivity index (χ1) is 11.7. The summed E-state index contributed by atoms with van der Waals surface area (Å²) in [5.41, 5.74) is 1.26. The van der Waals surface area contributed by atoms with E-state index in [1.807, 2.05) is 30.3 Å². The lowest BCUT2D eigenvalue weighted by molar-refractivity contribution is -0.206. The summed E-state index contributed by atoms with van der Waals surface area (Å²) >= 11 is 0. The van der Waals surface area contributed by atoms with Crippen molar-refractivity contribution < 1.29 is 14.4 Å². The Kier molecular flexibility index (Phi) is 3.69. The summed E-state index contributed by atoms with van der Waals surface area (Å²) in [5.74, 6) is -0.729. The molecule has 0 bridgehead atoms. The maximum atomic E-state index is 12.6. The zero-order valence-electron chi connectivity index (χ0n) is 13.4. The van der Waals surface area contributed by atoms with E-state index in [1.165, 1.54) is 0 Å². The Balaban J connectivity index is 1.70. The number of fused-ring (bicyclic) bond motifs is 1. The van der Waals surface area contributed by atoms with Crippen molar-refractivity contribution in [1.29, 1.82) is 0 Å². The first-order valence-corrected chi connectivity index (χ1v) is 8.44. The Morgan fingerprint density at radius 1 is 0.750 bits per heavy atom. The Morgan fingerprint density at radius 2 is 1.29 bits per heavy atom. The van der Waals surface area contributed by atoms with Gasteiger partial charge >= 0.3 is 0 Å². The molecule has 0 radical (unpaired) electrons. The van der Waals surface area contributed by atoms with Crippen LogP contribution in [0.2, 0.25) is 0 Å². The maximum absolute atomic E-state index is 12.6. The van der Waals surface area contributed by atoms with Gasteiger partial charge in [0.05, 0.1) is 11.1 Å². The number of benzene rings is 2. The van der Waals surface area contributed by atoms with Crippen LogP contribution in [-0.4, -0.2) is 16.9 Å². The first-order valence-electron chi connectivity index (χ1n) is 8.44. The number of carbonyl (C=O) groups is 2. The van der Waals surface area contributed by atoms with Crippen molar-refractivity contribution in [2.75, 3.05) is 0 Å². The van der Waals surface area contributed by atoms with Crippen molar-refractivity contribution >= 4 is 11.8 Å². The Bertz CT molecular complexity index is 743. The minimum atomic E-state index is -0.604. The van der Waals surface area contributed by atoms with Crippen LogP contribution in [0.25, 0.3) is 0 Å². The van der Waals surface area contributed by atoms with Gasteiger partial charge < -0.3 is 0 Å². The minimum absolute atomic E-state index is 0.364. The summed E-state index contributed by atoms with van der Waals surface area (Å²) < 4.78 is 0. The number of hydrogen-bond donors (Lipinski definition) is 0. The molecule has 0 N–H and O–H groups in total. The molecule has 4 rings (SSSR count). The molecule has 2 aliphatic rings. The molecule has 4 nitrogen and oxygen atoms in total. The summed E-state index contributed by atoms with van der Waals surface area (Å²) in [7, 11) is 0. The van der Waals surface area contributed by atoms with Crippen molar-refractivity contribution in [3.63, 3.8) is 0 Å². The number of rotatable bonds is 3. The lowest BCUT2D eigenvalue weighted by Crippen LogP contribution is -2.42. The van der Waals surface area contributed by atoms with Crippen molar-refractivity contribution in [3.8, 4) is 0 Å². The van der Waals surface area contributed by atoms with Crippen LogP contribution in [0.3, 0.4) is 0 Å². The second-order valence-electron chi connectivity index (χ2n) is 6.46. The lowest BCUT2D eigenvalue weighted by atomic mass is 9.79. The monoisotopic (exact) mass is 321 g/mol. The van der Waals surface area contributed by atoms with Crippen molar-refractivity contribution in [3.05, 3.63) is 71.3 Å². The number of imide groups is 1. The third-order valence-electron chi connectivity index (χ3n) is 4.98. The molecular formula is C20H19NO3. The van der Waals surface area contributed by atoms with Crippen LogP contribution < -0.4 is 0 Å². The second kappa shape index (κ2) is 5.87. The molecule has 1 aliphatic carbocycles. The van der Waals surface area contributed by atoms with Crippen molar-refractivity contribution in [2.45, 2.75) is 37.7 Å². The van der Waals surface area contributed by atoms with Crippen LogP contribution >= 0.6 is 0 Å². The molecule has 4 heteroatoms. The van der Waals surface area contributed by atoms with Gasteiger partial charge in [-0.25, -0.2) is 0 Å². The van der Waals surface area contributed by atoms with Gasteiger partial charge in [-0.3, -0.25) is 14.4 Å². The topological polar surface area (TPSA) is 46.6 Å². The molecule has 0 saturated heterocycles. The zero-order chi connectivity index (χ0) is 16.6. The van der Waals surface area contributed by atoms with Gasteiger partial charge in [0.1, 0.15) is 5.60 Å². The molecule has 0 aromatic heterocycles. The average molecular weight is 321 g/mol. The van der Waals surface area contributed by atoms with Gasteiger partial charge in [0.25, 0.3) is 11.8 Å². The molecule has 1 aliphatic heterocycles. The van der Waals surface area contributed by atoms with E-state index in [1.54, 1.807) is 24.3 Å². The predicted octanol–water partition coefficient (Wildman–Crippen LogP) is 4.07. The third-order valence-corrected chi connectivity index (χ3v) is 4.98. The van der Waals surface area contributed by atoms with Crippen LogP contribution in [0.4, 0.5) is 0 Å². The Hall–Kier alpha value is -2.46. The molecule has 2 amide bonds. The molecule has 2 aromatic rings. The van der Waals surface area contributed by atoms with Crippen molar-refractivity contribution in [1.82, 2.24) is 5.06 Å². The van der Waals surface area contributed by atoms with E-state index in [2.05, 4.69) is 0 Å². The van der Waals surface area contributed by atoms with Gasteiger partial charge in [-0.2, -0.15) is 0 Å². The highest BCUT2D eigenvalue weighted by atomic mass is 16.7. The van der Waals surface area contributed by atoms with E-state index in [-0.39, 0.29) is 11.8 Å². The molecule has 0 atom stereocenters. The first kappa shape index (κ1) is 15.1. The van der Waals surface area contributed by atoms with Gasteiger partial charge in [-0.15, -0.1) is 5.06 Å². The second-order valence-corrected chi connectivity index (χ2v) is 6.46. The molecule has 122 valence electrons. The van der Waals surface area contributed by atoms with E-state index >= 15 is 0 Å². The summed E-state index contributed by atoms with van der Waals surface area (Å²) in [6, 6.07) is 16.8. The SMILES string of the molecule is O=C1c2ccccc2C(=O)N1OC1(c2ccccc2)CCCCC1. The number of nitrogens with zero attached hydrogens (tertiary/aromatic N) is 1. The molecule has 2 aromatic carbocycles. The molecule has 1 fully saturated rings. The summed E-state index contributed by atoms with van der Waals surface area (Å²) in [5, 5.41) is 0.975. The summed E-state index contributed by atoms with van der Waals surface area (Å²) in [4.78, 5) is 31.4. The van der Waals surface area contributed by atoms with E-state index < -0.39 is 5.60 Å². The van der Waals surface area contributed by atoms with Gasteiger partial charge in [0.15, 0.2) is 0 Å². The smallest absolute Gasteiger partial charge is 0.266 e.